The van der Waals surface area contributed by atoms with Crippen LogP contribution in [0.5, 0.6) is 0 Å². The lowest BCUT2D eigenvalue weighted by atomic mass is 10.3. The number of urea groups is 1. The number of nitrogens with one attached hydrogen (secondary N) is 1. The second kappa shape index (κ2) is 6.62. The second-order valence-electron chi connectivity index (χ2n) is 2.85. The number of nitrogens with zero attached hydrogens (tertiary/aromatic N) is 2. The lowest BCUT2D eigenvalue weighted by Gasteiger charge is -2.19. The normalized spacial score (nSPS) is 11.3. The molecule has 0 aliphatic heterocycles. The highest BCUT2D eigenvalue weighted by Crippen LogP contribution is 1.90. The number of hydrogen-bond acceptors (Lipinski definition) is 4. The molecule has 0 rings (SSSR count). The van der Waals surface area contributed by atoms with E-state index in [1.807, 2.05) is 6.07 Å². The summed E-state index contributed by atoms with van der Waals surface area (Å²) < 4.78 is 0. The van der Waals surface area contributed by atoms with Gasteiger partial charge in [-0.25, -0.2) is 9.59 Å². The number of carbonyl (C=O) groups excluding carboxylic acids is 1. The lowest BCUT2D eigenvalue weighted by Crippen LogP contribution is -2.48. The largest absolute Gasteiger partial charge is 0.480 e. The molecule has 0 aromatic carbocycles. The fourth-order valence-electron chi connectivity index (χ4n) is 0.764. The van der Waals surface area contributed by atoms with Crippen molar-refractivity contribution in [2.24, 2.45) is 0 Å². The third-order valence-electron chi connectivity index (χ3n) is 1.68. The molecule has 0 heterocycles. The maximum absolute atomic E-state index is 11.3. The Morgan fingerprint density at radius 2 is 2.20 bits per heavy atom. The van der Waals surface area contributed by atoms with Gasteiger partial charge >= 0.3 is 12.0 Å². The van der Waals surface area contributed by atoms with Crippen LogP contribution in [0.15, 0.2) is 0 Å². The van der Waals surface area contributed by atoms with Gasteiger partial charge in [0.2, 0.25) is 0 Å². The number of carbonyl (C=O) groups is 2. The van der Waals surface area contributed by atoms with Crippen LogP contribution in [0.2, 0.25) is 0 Å². The molecule has 1 atom stereocenters. The van der Waals surface area contributed by atoms with Gasteiger partial charge < -0.3 is 20.4 Å². The molecule has 0 saturated heterocycles. The molecule has 0 aromatic heterocycles. The fraction of sp³-hybridized carbons (Fsp3) is 0.625. The number of rotatable bonds is 5. The SMILES string of the molecule is CN(CCC#N)C(=O)N[C@H](CO)C(=O)O. The van der Waals surface area contributed by atoms with Gasteiger partial charge in [-0.1, -0.05) is 0 Å². The van der Waals surface area contributed by atoms with E-state index >= 15 is 0 Å². The molecule has 0 aliphatic carbocycles. The molecule has 0 radical (unpaired) electrons. The van der Waals surface area contributed by atoms with E-state index in [4.69, 9.17) is 15.5 Å². The first-order valence-corrected chi connectivity index (χ1v) is 4.25. The second-order valence-corrected chi connectivity index (χ2v) is 2.85. The zero-order chi connectivity index (χ0) is 11.8. The molecule has 0 saturated carbocycles. The van der Waals surface area contributed by atoms with Gasteiger partial charge in [-0.05, 0) is 0 Å². The topological polar surface area (TPSA) is 114 Å². The van der Waals surface area contributed by atoms with Gasteiger partial charge in [0.15, 0.2) is 6.04 Å². The van der Waals surface area contributed by atoms with Crippen molar-refractivity contribution in [1.82, 2.24) is 10.2 Å². The molecule has 0 bridgehead atoms. The highest BCUT2D eigenvalue weighted by Gasteiger charge is 2.20. The van der Waals surface area contributed by atoms with Crippen LogP contribution in [0.25, 0.3) is 0 Å². The van der Waals surface area contributed by atoms with Crippen LogP contribution in [0.4, 0.5) is 4.79 Å². The average Bonchev–Trinajstić information content (AvgIpc) is 2.21. The first-order valence-electron chi connectivity index (χ1n) is 4.25. The van der Waals surface area contributed by atoms with Gasteiger partial charge in [-0.15, -0.1) is 0 Å². The summed E-state index contributed by atoms with van der Waals surface area (Å²) >= 11 is 0. The van der Waals surface area contributed by atoms with Gasteiger partial charge in [0.25, 0.3) is 0 Å². The Morgan fingerprint density at radius 3 is 2.60 bits per heavy atom. The highest BCUT2D eigenvalue weighted by atomic mass is 16.4. The minimum atomic E-state index is -1.32. The summed E-state index contributed by atoms with van der Waals surface area (Å²) in [6.45, 7) is -0.465. The summed E-state index contributed by atoms with van der Waals surface area (Å²) in [4.78, 5) is 22.9. The predicted octanol–water partition coefficient (Wildman–Crippen LogP) is -1.01. The van der Waals surface area contributed by atoms with E-state index in [0.29, 0.717) is 0 Å². The van der Waals surface area contributed by atoms with Crippen LogP contribution in [-0.2, 0) is 4.79 Å². The Bertz CT molecular complexity index is 274. The summed E-state index contributed by atoms with van der Waals surface area (Å²) in [5.74, 6) is -1.31. The van der Waals surface area contributed by atoms with Crippen molar-refractivity contribution in [2.75, 3.05) is 20.2 Å². The molecular formula is C8H13N3O4. The smallest absolute Gasteiger partial charge is 0.328 e. The first kappa shape index (κ1) is 13.2. The van der Waals surface area contributed by atoms with Crippen molar-refractivity contribution in [2.45, 2.75) is 12.5 Å². The number of aliphatic carboxylic acids is 1. The summed E-state index contributed by atoms with van der Waals surface area (Å²) in [5.41, 5.74) is 0. The summed E-state index contributed by atoms with van der Waals surface area (Å²) in [6.07, 6.45) is 0.167. The van der Waals surface area contributed by atoms with Crippen molar-refractivity contribution in [3.63, 3.8) is 0 Å². The maximum atomic E-state index is 11.3. The Morgan fingerprint density at radius 1 is 1.60 bits per heavy atom. The lowest BCUT2D eigenvalue weighted by molar-refractivity contribution is -0.140. The van der Waals surface area contributed by atoms with Crippen molar-refractivity contribution in [3.8, 4) is 6.07 Å². The molecule has 3 N–H and O–H groups in total. The summed E-state index contributed by atoms with van der Waals surface area (Å²) in [6, 6.07) is -0.0941. The molecule has 0 fully saturated rings. The zero-order valence-electron chi connectivity index (χ0n) is 8.30. The molecule has 7 nitrogen and oxygen atoms in total. The van der Waals surface area contributed by atoms with Crippen LogP contribution in [0.1, 0.15) is 6.42 Å². The van der Waals surface area contributed by atoms with Crippen molar-refractivity contribution in [1.29, 1.82) is 5.26 Å². The standard InChI is InChI=1S/C8H13N3O4/c1-11(4-2-3-9)8(15)10-6(5-12)7(13)14/h6,12H,2,4-5H2,1H3,(H,10,15)(H,13,14)/t6-/m1/s1. The van der Waals surface area contributed by atoms with Gasteiger partial charge in [-0.2, -0.15) is 5.26 Å². The summed E-state index contributed by atoms with van der Waals surface area (Å²) in [5, 5.41) is 27.5. The number of carboxylic acids is 1. The average molecular weight is 215 g/mol. The Labute approximate surface area is 86.9 Å². The van der Waals surface area contributed by atoms with Gasteiger partial charge in [-0.3, -0.25) is 0 Å². The van der Waals surface area contributed by atoms with E-state index in [1.54, 1.807) is 0 Å². The summed E-state index contributed by atoms with van der Waals surface area (Å²) in [7, 11) is 1.43. The first-order chi connectivity index (χ1) is 7.02. The van der Waals surface area contributed by atoms with Gasteiger partial charge in [0.1, 0.15) is 0 Å². The number of aliphatic hydroxyl groups is 1. The van der Waals surface area contributed by atoms with Crippen LogP contribution >= 0.6 is 0 Å². The fourth-order valence-corrected chi connectivity index (χ4v) is 0.764. The van der Waals surface area contributed by atoms with Crippen molar-refractivity contribution >= 4 is 12.0 Å². The molecule has 0 aromatic rings. The molecule has 7 heteroatoms. The molecule has 0 aliphatic rings. The Balaban J connectivity index is 4.11. The molecule has 2 amide bonds. The van der Waals surface area contributed by atoms with E-state index < -0.39 is 24.6 Å². The minimum Gasteiger partial charge on any atom is -0.480 e. The number of nitriles is 1. The van der Waals surface area contributed by atoms with E-state index in [-0.39, 0.29) is 13.0 Å². The monoisotopic (exact) mass is 215 g/mol. The molecule has 15 heavy (non-hydrogen) atoms. The van der Waals surface area contributed by atoms with E-state index in [2.05, 4.69) is 5.32 Å². The van der Waals surface area contributed by atoms with Crippen LogP contribution in [0, 0.1) is 11.3 Å². The van der Waals surface area contributed by atoms with Crippen molar-refractivity contribution in [3.05, 3.63) is 0 Å². The van der Waals surface area contributed by atoms with Gasteiger partial charge in [0.05, 0.1) is 19.1 Å². The molecular weight excluding hydrogens is 202 g/mol. The number of hydrogen-bond donors (Lipinski definition) is 3. The number of carboxylic acid groups (broad SMARTS) is 1. The Hall–Kier alpha value is -1.81. The Kier molecular flexibility index (Phi) is 5.82. The van der Waals surface area contributed by atoms with Crippen LogP contribution < -0.4 is 5.32 Å². The third-order valence-corrected chi connectivity index (χ3v) is 1.68. The van der Waals surface area contributed by atoms with Crippen molar-refractivity contribution < 1.29 is 19.8 Å². The van der Waals surface area contributed by atoms with E-state index in [0.717, 1.165) is 0 Å². The quantitative estimate of drug-likeness (QED) is 0.543. The predicted molar refractivity (Wildman–Crippen MR) is 49.9 cm³/mol. The molecule has 0 unspecified atom stereocenters. The molecule has 84 valence electrons. The van der Waals surface area contributed by atoms with E-state index in [1.165, 1.54) is 11.9 Å². The zero-order valence-corrected chi connectivity index (χ0v) is 8.30. The van der Waals surface area contributed by atoms with Crippen LogP contribution in [-0.4, -0.2) is 53.4 Å². The maximum Gasteiger partial charge on any atom is 0.328 e. The van der Waals surface area contributed by atoms with Gasteiger partial charge in [0, 0.05) is 13.6 Å². The van der Waals surface area contributed by atoms with Crippen LogP contribution in [0.3, 0.4) is 0 Å². The highest BCUT2D eigenvalue weighted by molar-refractivity contribution is 5.82. The van der Waals surface area contributed by atoms with E-state index in [9.17, 15) is 9.59 Å². The minimum absolute atomic E-state index is 0.167. The third kappa shape index (κ3) is 4.83. The number of aliphatic hydroxyl groups excluding tert-OH is 1. The molecule has 0 spiro atoms. The number of amides is 2.